The first-order chi connectivity index (χ1) is 20.8. The largest absolute Gasteiger partial charge is 0.497 e. The molecule has 0 saturated carbocycles. The minimum absolute atomic E-state index is 0.174. The molecule has 3 aromatic heterocycles. The fourth-order valence-corrected chi connectivity index (χ4v) is 5.53. The number of hydrogen-bond acceptors (Lipinski definition) is 7. The number of methoxy groups -OCH3 is 1. The number of aromatic nitrogens is 5. The Morgan fingerprint density at radius 1 is 0.884 bits per heavy atom. The molecular weight excluding hydrogens is 587 g/mol. The van der Waals surface area contributed by atoms with Gasteiger partial charge in [0.1, 0.15) is 34.8 Å². The highest BCUT2D eigenvalue weighted by atomic mass is 35.5. The van der Waals surface area contributed by atoms with Crippen LogP contribution in [0.5, 0.6) is 5.75 Å². The van der Waals surface area contributed by atoms with Gasteiger partial charge in [-0.2, -0.15) is 0 Å². The van der Waals surface area contributed by atoms with E-state index in [2.05, 4.69) is 15.3 Å². The molecule has 0 aliphatic rings. The van der Waals surface area contributed by atoms with Crippen LogP contribution in [0.1, 0.15) is 29.9 Å². The summed E-state index contributed by atoms with van der Waals surface area (Å²) in [4.78, 5) is 40.7. The Bertz CT molecular complexity index is 2090. The van der Waals surface area contributed by atoms with E-state index in [9.17, 15) is 9.59 Å². The van der Waals surface area contributed by atoms with Gasteiger partial charge in [-0.05, 0) is 48.4 Å². The van der Waals surface area contributed by atoms with Crippen molar-refractivity contribution in [2.45, 2.75) is 26.1 Å². The summed E-state index contributed by atoms with van der Waals surface area (Å²) in [6.07, 6.45) is 3.12. The van der Waals surface area contributed by atoms with Crippen molar-refractivity contribution < 1.29 is 4.74 Å². The first-order valence-corrected chi connectivity index (χ1v) is 14.3. The lowest BCUT2D eigenvalue weighted by Crippen LogP contribution is -2.29. The van der Waals surface area contributed by atoms with Gasteiger partial charge in [-0.3, -0.25) is 14.2 Å². The van der Waals surface area contributed by atoms with E-state index in [1.807, 2.05) is 54.0 Å². The van der Waals surface area contributed by atoms with Crippen molar-refractivity contribution in [2.24, 2.45) is 0 Å². The van der Waals surface area contributed by atoms with E-state index in [4.69, 9.17) is 32.9 Å². The molecule has 0 bridgehead atoms. The Hall–Kier alpha value is -4.73. The lowest BCUT2D eigenvalue weighted by atomic mass is 10.1. The summed E-state index contributed by atoms with van der Waals surface area (Å²) < 4.78 is 8.70. The van der Waals surface area contributed by atoms with Crippen molar-refractivity contribution in [1.29, 1.82) is 0 Å². The molecule has 6 aromatic rings. The number of rotatable bonds is 8. The van der Waals surface area contributed by atoms with E-state index in [-0.39, 0.29) is 17.5 Å². The predicted octanol–water partition coefficient (Wildman–Crippen LogP) is 6.09. The van der Waals surface area contributed by atoms with Gasteiger partial charge in [-0.15, -0.1) is 0 Å². The summed E-state index contributed by atoms with van der Waals surface area (Å²) in [7, 11) is 1.62. The Kier molecular flexibility index (Phi) is 7.84. The molecule has 0 spiro atoms. The quantitative estimate of drug-likeness (QED) is 0.222. The lowest BCUT2D eigenvalue weighted by Gasteiger charge is -2.21. The molecule has 1 atom stereocenters. The van der Waals surface area contributed by atoms with Gasteiger partial charge in [0.2, 0.25) is 0 Å². The molecule has 0 aliphatic carbocycles. The number of hydrogen-bond donors (Lipinski definition) is 1. The maximum atomic E-state index is 13.8. The van der Waals surface area contributed by atoms with Crippen molar-refractivity contribution in [3.8, 4) is 5.75 Å². The average molecular weight is 614 g/mol. The number of benzene rings is 3. The Morgan fingerprint density at radius 3 is 2.42 bits per heavy atom. The van der Waals surface area contributed by atoms with Crippen LogP contribution in [0, 0.1) is 0 Å². The molecule has 9 nitrogen and oxygen atoms in total. The van der Waals surface area contributed by atoms with Crippen LogP contribution in [0.3, 0.4) is 0 Å². The molecule has 0 amide bonds. The van der Waals surface area contributed by atoms with Crippen LogP contribution < -0.4 is 21.0 Å². The second-order valence-electron chi connectivity index (χ2n) is 10.0. The van der Waals surface area contributed by atoms with Gasteiger partial charge in [0.25, 0.3) is 5.56 Å². The maximum Gasteiger partial charge on any atom is 0.263 e. The summed E-state index contributed by atoms with van der Waals surface area (Å²) in [5.74, 6) is 1.52. The fraction of sp³-hybridized carbons (Fsp3) is 0.156. The number of nitrogens with one attached hydrogen (secondary N) is 1. The molecule has 43 heavy (non-hydrogen) atoms. The van der Waals surface area contributed by atoms with Gasteiger partial charge in [-0.1, -0.05) is 59.6 Å². The lowest BCUT2D eigenvalue weighted by molar-refractivity contribution is 0.414. The van der Waals surface area contributed by atoms with Crippen LogP contribution in [0.4, 0.5) is 5.82 Å². The number of anilines is 1. The molecule has 0 aliphatic heterocycles. The van der Waals surface area contributed by atoms with E-state index >= 15 is 0 Å². The Morgan fingerprint density at radius 2 is 1.65 bits per heavy atom. The molecule has 0 radical (unpaired) electrons. The third-order valence-corrected chi connectivity index (χ3v) is 7.94. The molecule has 11 heteroatoms. The minimum Gasteiger partial charge on any atom is -0.497 e. The predicted molar refractivity (Wildman–Crippen MR) is 169 cm³/mol. The van der Waals surface area contributed by atoms with Gasteiger partial charge in [0, 0.05) is 23.8 Å². The number of pyridine rings is 1. The fourth-order valence-electron chi connectivity index (χ4n) is 5.09. The van der Waals surface area contributed by atoms with Crippen LogP contribution in [0.15, 0.2) is 94.9 Å². The second kappa shape index (κ2) is 11.9. The first-order valence-electron chi connectivity index (χ1n) is 13.5. The minimum atomic E-state index is -0.550. The summed E-state index contributed by atoms with van der Waals surface area (Å²) >= 11 is 12.9. The molecule has 3 heterocycles. The third kappa shape index (κ3) is 5.57. The SMILES string of the molecule is COc1ccc(Cn2ccc(=O)c3c(NC(C)c4nc5cccc(Cl)c5c(=O)n4Cc4ccccc4Cl)ncnc32)cc1. The number of fused-ring (bicyclic) bond motifs is 2. The van der Waals surface area contributed by atoms with Crippen LogP contribution >= 0.6 is 23.2 Å². The molecule has 216 valence electrons. The number of ether oxygens (including phenoxy) is 1. The molecule has 6 rings (SSSR count). The second-order valence-corrected chi connectivity index (χ2v) is 10.8. The number of halogens is 2. The van der Waals surface area contributed by atoms with E-state index < -0.39 is 6.04 Å². The summed E-state index contributed by atoms with van der Waals surface area (Å²) in [5.41, 5.74) is 2.17. The van der Waals surface area contributed by atoms with Crippen molar-refractivity contribution >= 4 is 51.0 Å². The highest BCUT2D eigenvalue weighted by molar-refractivity contribution is 6.35. The standard InChI is InChI=1S/C32H26Cl2N6O3/c1-19(30-38-25-9-5-8-24(34)27(25)32(42)40(30)17-21-6-3-4-7-23(21)33)37-29-28-26(41)14-15-39(31(28)36-18-35-29)16-20-10-12-22(43-2)13-11-20/h3-15,18-19H,16-17H2,1-2H3,(H,35,36,37). The van der Waals surface area contributed by atoms with E-state index in [0.29, 0.717) is 50.2 Å². The zero-order valence-corrected chi connectivity index (χ0v) is 24.8. The number of nitrogens with zero attached hydrogens (tertiary/aromatic N) is 5. The summed E-state index contributed by atoms with van der Waals surface area (Å²) in [5, 5.41) is 4.82. The topological polar surface area (TPSA) is 104 Å². The highest BCUT2D eigenvalue weighted by Gasteiger charge is 2.21. The Labute approximate surface area is 256 Å². The maximum absolute atomic E-state index is 13.8. The Balaban J connectivity index is 1.43. The summed E-state index contributed by atoms with van der Waals surface area (Å²) in [6, 6.07) is 21.1. The molecule has 0 saturated heterocycles. The van der Waals surface area contributed by atoms with Gasteiger partial charge in [-0.25, -0.2) is 15.0 Å². The average Bonchev–Trinajstić information content (AvgIpc) is 3.01. The molecule has 1 unspecified atom stereocenters. The van der Waals surface area contributed by atoms with Crippen molar-refractivity contribution in [2.75, 3.05) is 12.4 Å². The normalized spacial score (nSPS) is 12.0. The third-order valence-electron chi connectivity index (χ3n) is 7.25. The smallest absolute Gasteiger partial charge is 0.263 e. The van der Waals surface area contributed by atoms with E-state index in [0.717, 1.165) is 16.9 Å². The van der Waals surface area contributed by atoms with E-state index in [1.54, 1.807) is 42.1 Å². The first kappa shape index (κ1) is 28.4. The van der Waals surface area contributed by atoms with Crippen molar-refractivity contribution in [3.63, 3.8) is 0 Å². The van der Waals surface area contributed by atoms with Crippen LogP contribution in [-0.4, -0.2) is 31.2 Å². The van der Waals surface area contributed by atoms with Crippen LogP contribution in [0.25, 0.3) is 21.9 Å². The van der Waals surface area contributed by atoms with Gasteiger partial charge < -0.3 is 14.6 Å². The monoisotopic (exact) mass is 612 g/mol. The highest BCUT2D eigenvalue weighted by Crippen LogP contribution is 2.26. The van der Waals surface area contributed by atoms with Gasteiger partial charge in [0.05, 0.1) is 35.6 Å². The molecule has 3 aromatic carbocycles. The molecule has 0 fully saturated rings. The zero-order chi connectivity index (χ0) is 30.1. The van der Waals surface area contributed by atoms with Crippen molar-refractivity contribution in [1.82, 2.24) is 24.1 Å². The zero-order valence-electron chi connectivity index (χ0n) is 23.3. The summed E-state index contributed by atoms with van der Waals surface area (Å²) in [6.45, 7) is 2.51. The van der Waals surface area contributed by atoms with E-state index in [1.165, 1.54) is 12.4 Å². The van der Waals surface area contributed by atoms with Crippen LogP contribution in [0.2, 0.25) is 10.0 Å². The molecular formula is C32H26Cl2N6O3. The van der Waals surface area contributed by atoms with Gasteiger partial charge in [0.15, 0.2) is 5.43 Å². The van der Waals surface area contributed by atoms with Crippen LogP contribution in [-0.2, 0) is 13.1 Å². The van der Waals surface area contributed by atoms with Crippen molar-refractivity contribution in [3.05, 3.63) is 133 Å². The molecule has 1 N–H and O–H groups in total. The van der Waals surface area contributed by atoms with Gasteiger partial charge >= 0.3 is 0 Å².